The number of alkyl halides is 3. The molecule has 8 heteroatoms. The molecule has 0 amide bonds. The topological polar surface area (TPSA) is 35.2 Å². The summed E-state index contributed by atoms with van der Waals surface area (Å²) in [4.78, 5) is 0. The van der Waals surface area contributed by atoms with Crippen molar-refractivity contribution in [2.24, 2.45) is 5.73 Å². The number of ether oxygens (including phenoxy) is 1. The van der Waals surface area contributed by atoms with Crippen molar-refractivity contribution in [1.82, 2.24) is 0 Å². The molecule has 2 N–H and O–H groups in total. The molecule has 1 atom stereocenters. The molecule has 2 aromatic carbocycles. The SMILES string of the molecule is N[C@H](c1ccc(OC(F)(F)F)cc1)c1cc(F)cc(F)c1F. The molecule has 0 heterocycles. The molecule has 0 saturated heterocycles. The first-order valence-corrected chi connectivity index (χ1v) is 5.93. The van der Waals surface area contributed by atoms with Crippen molar-refractivity contribution in [2.75, 3.05) is 0 Å². The second-order valence-corrected chi connectivity index (χ2v) is 4.39. The summed E-state index contributed by atoms with van der Waals surface area (Å²) < 4.78 is 79.7. The Morgan fingerprint density at radius 3 is 2.09 bits per heavy atom. The normalized spacial score (nSPS) is 13.0. The van der Waals surface area contributed by atoms with Crippen LogP contribution in [0.5, 0.6) is 5.75 Å². The predicted octanol–water partition coefficient (Wildman–Crippen LogP) is 4.05. The lowest BCUT2D eigenvalue weighted by Gasteiger charge is -2.15. The molecule has 2 rings (SSSR count). The lowest BCUT2D eigenvalue weighted by Crippen LogP contribution is -2.18. The van der Waals surface area contributed by atoms with E-state index in [1.165, 1.54) is 0 Å². The van der Waals surface area contributed by atoms with E-state index in [4.69, 9.17) is 5.73 Å². The minimum absolute atomic E-state index is 0.165. The highest BCUT2D eigenvalue weighted by molar-refractivity contribution is 5.36. The van der Waals surface area contributed by atoms with Gasteiger partial charge in [0.1, 0.15) is 11.6 Å². The Morgan fingerprint density at radius 1 is 0.955 bits per heavy atom. The monoisotopic (exact) mass is 321 g/mol. The van der Waals surface area contributed by atoms with Gasteiger partial charge in [-0.2, -0.15) is 0 Å². The molecule has 0 aliphatic rings. The van der Waals surface area contributed by atoms with E-state index in [-0.39, 0.29) is 5.56 Å². The van der Waals surface area contributed by atoms with E-state index in [0.29, 0.717) is 6.07 Å². The fraction of sp³-hybridized carbons (Fsp3) is 0.143. The van der Waals surface area contributed by atoms with Crippen LogP contribution in [0.25, 0.3) is 0 Å². The van der Waals surface area contributed by atoms with Crippen LogP contribution in [0.2, 0.25) is 0 Å². The van der Waals surface area contributed by atoms with Crippen molar-refractivity contribution >= 4 is 0 Å². The van der Waals surface area contributed by atoms with E-state index in [2.05, 4.69) is 4.74 Å². The van der Waals surface area contributed by atoms with Gasteiger partial charge in [0, 0.05) is 11.6 Å². The minimum Gasteiger partial charge on any atom is -0.406 e. The van der Waals surface area contributed by atoms with Crippen molar-refractivity contribution in [1.29, 1.82) is 0 Å². The van der Waals surface area contributed by atoms with Crippen LogP contribution in [0.1, 0.15) is 17.2 Å². The molecule has 0 aromatic heterocycles. The fourth-order valence-corrected chi connectivity index (χ4v) is 1.86. The summed E-state index contributed by atoms with van der Waals surface area (Å²) in [6, 6.07) is 4.08. The second kappa shape index (κ2) is 5.88. The molecule has 2 aromatic rings. The summed E-state index contributed by atoms with van der Waals surface area (Å²) in [5, 5.41) is 0. The Labute approximate surface area is 121 Å². The number of hydrogen-bond acceptors (Lipinski definition) is 2. The second-order valence-electron chi connectivity index (χ2n) is 4.39. The van der Waals surface area contributed by atoms with E-state index in [9.17, 15) is 26.3 Å². The molecular weight excluding hydrogens is 312 g/mol. The quantitative estimate of drug-likeness (QED) is 0.684. The molecule has 0 saturated carbocycles. The van der Waals surface area contributed by atoms with Gasteiger partial charge in [-0.3, -0.25) is 0 Å². The third-order valence-corrected chi connectivity index (χ3v) is 2.83. The lowest BCUT2D eigenvalue weighted by molar-refractivity contribution is -0.274. The van der Waals surface area contributed by atoms with Crippen LogP contribution in [-0.2, 0) is 0 Å². The van der Waals surface area contributed by atoms with Crippen LogP contribution in [0, 0.1) is 17.5 Å². The van der Waals surface area contributed by atoms with Gasteiger partial charge in [0.05, 0.1) is 6.04 Å². The van der Waals surface area contributed by atoms with Crippen LogP contribution in [-0.4, -0.2) is 6.36 Å². The molecular formula is C14H9F6NO. The summed E-state index contributed by atoms with van der Waals surface area (Å²) in [7, 11) is 0. The van der Waals surface area contributed by atoms with Crippen LogP contribution in [0.15, 0.2) is 36.4 Å². The standard InChI is InChI=1S/C14H9F6NO/c15-8-5-10(12(17)11(16)6-8)13(21)7-1-3-9(4-2-7)22-14(18,19)20/h1-6,13H,21H2/t13-/m1/s1. The van der Waals surface area contributed by atoms with Crippen molar-refractivity contribution in [3.8, 4) is 5.75 Å². The lowest BCUT2D eigenvalue weighted by atomic mass is 9.98. The summed E-state index contributed by atoms with van der Waals surface area (Å²) in [6.45, 7) is 0. The average molecular weight is 321 g/mol. The maximum absolute atomic E-state index is 13.6. The summed E-state index contributed by atoms with van der Waals surface area (Å²) >= 11 is 0. The highest BCUT2D eigenvalue weighted by atomic mass is 19.4. The smallest absolute Gasteiger partial charge is 0.406 e. The fourth-order valence-electron chi connectivity index (χ4n) is 1.86. The van der Waals surface area contributed by atoms with Crippen LogP contribution in [0.4, 0.5) is 26.3 Å². The number of nitrogens with two attached hydrogens (primary N) is 1. The van der Waals surface area contributed by atoms with E-state index in [0.717, 1.165) is 30.3 Å². The largest absolute Gasteiger partial charge is 0.573 e. The summed E-state index contributed by atoms with van der Waals surface area (Å²) in [5.74, 6) is -4.22. The highest BCUT2D eigenvalue weighted by Crippen LogP contribution is 2.28. The van der Waals surface area contributed by atoms with Crippen LogP contribution >= 0.6 is 0 Å². The van der Waals surface area contributed by atoms with Crippen LogP contribution < -0.4 is 10.5 Å². The van der Waals surface area contributed by atoms with Gasteiger partial charge < -0.3 is 10.5 Å². The molecule has 0 unspecified atom stereocenters. The van der Waals surface area contributed by atoms with Crippen molar-refractivity contribution in [3.63, 3.8) is 0 Å². The van der Waals surface area contributed by atoms with Gasteiger partial charge in [0.25, 0.3) is 0 Å². The van der Waals surface area contributed by atoms with E-state index < -0.39 is 41.2 Å². The third kappa shape index (κ3) is 3.70. The Kier molecular flexibility index (Phi) is 4.32. The zero-order valence-electron chi connectivity index (χ0n) is 10.8. The van der Waals surface area contributed by atoms with Crippen molar-refractivity contribution < 1.29 is 31.1 Å². The minimum atomic E-state index is -4.85. The third-order valence-electron chi connectivity index (χ3n) is 2.83. The van der Waals surface area contributed by atoms with Gasteiger partial charge in [0.2, 0.25) is 0 Å². The van der Waals surface area contributed by atoms with Crippen LogP contribution in [0.3, 0.4) is 0 Å². The van der Waals surface area contributed by atoms with Gasteiger partial charge in [-0.05, 0) is 23.8 Å². The number of rotatable bonds is 3. The maximum Gasteiger partial charge on any atom is 0.573 e. The molecule has 0 fully saturated rings. The Bertz CT molecular complexity index is 668. The van der Waals surface area contributed by atoms with E-state index in [1.54, 1.807) is 0 Å². The Balaban J connectivity index is 2.29. The zero-order valence-corrected chi connectivity index (χ0v) is 10.8. The zero-order chi connectivity index (χ0) is 16.5. The van der Waals surface area contributed by atoms with Gasteiger partial charge in [-0.1, -0.05) is 12.1 Å². The Morgan fingerprint density at radius 2 is 1.55 bits per heavy atom. The maximum atomic E-state index is 13.6. The molecule has 0 spiro atoms. The molecule has 0 aliphatic carbocycles. The first kappa shape index (κ1) is 16.2. The average Bonchev–Trinajstić information content (AvgIpc) is 2.41. The van der Waals surface area contributed by atoms with Gasteiger partial charge in [-0.25, -0.2) is 13.2 Å². The van der Waals surface area contributed by atoms with Crippen molar-refractivity contribution in [3.05, 3.63) is 65.0 Å². The molecule has 0 bridgehead atoms. The first-order chi connectivity index (χ1) is 10.2. The molecule has 0 radical (unpaired) electrons. The number of halogens is 6. The summed E-state index contributed by atoms with van der Waals surface area (Å²) in [6.07, 6.45) is -4.85. The number of hydrogen-bond donors (Lipinski definition) is 1. The van der Waals surface area contributed by atoms with E-state index in [1.807, 2.05) is 0 Å². The molecule has 0 aliphatic heterocycles. The van der Waals surface area contributed by atoms with Gasteiger partial charge >= 0.3 is 6.36 Å². The molecule has 2 nitrogen and oxygen atoms in total. The highest BCUT2D eigenvalue weighted by Gasteiger charge is 2.31. The predicted molar refractivity (Wildman–Crippen MR) is 65.5 cm³/mol. The molecule has 118 valence electrons. The van der Waals surface area contributed by atoms with Gasteiger partial charge in [0.15, 0.2) is 11.6 Å². The van der Waals surface area contributed by atoms with E-state index >= 15 is 0 Å². The van der Waals surface area contributed by atoms with Gasteiger partial charge in [-0.15, -0.1) is 13.2 Å². The summed E-state index contributed by atoms with van der Waals surface area (Å²) in [5.41, 5.74) is 5.42. The number of benzene rings is 2. The molecule has 22 heavy (non-hydrogen) atoms. The van der Waals surface area contributed by atoms with Crippen molar-refractivity contribution in [2.45, 2.75) is 12.4 Å². The first-order valence-electron chi connectivity index (χ1n) is 5.93. The Hall–Kier alpha value is -2.22.